The molecular formula is C16H20NO4+. The lowest BCUT2D eigenvalue weighted by molar-refractivity contribution is -0.346. The van der Waals surface area contributed by atoms with Crippen LogP contribution < -0.4 is 4.99 Å². The first-order valence-electron chi connectivity index (χ1n) is 6.73. The fraction of sp³-hybridized carbons (Fsp3) is 0.375. The van der Waals surface area contributed by atoms with Gasteiger partial charge in [-0.2, -0.15) is 0 Å². The minimum absolute atomic E-state index is 0.255. The highest BCUT2D eigenvalue weighted by Crippen LogP contribution is 2.39. The Kier molecular flexibility index (Phi) is 3.77. The quantitative estimate of drug-likeness (QED) is 0.830. The lowest BCUT2D eigenvalue weighted by Crippen LogP contribution is -2.61. The molecule has 112 valence electrons. The van der Waals surface area contributed by atoms with Crippen LogP contribution in [-0.2, 0) is 9.47 Å². The summed E-state index contributed by atoms with van der Waals surface area (Å²) in [7, 11) is 0. The molecule has 0 aliphatic carbocycles. The van der Waals surface area contributed by atoms with Crippen LogP contribution >= 0.6 is 0 Å². The molecule has 0 amide bonds. The molecule has 21 heavy (non-hydrogen) atoms. The van der Waals surface area contributed by atoms with E-state index in [1.807, 2.05) is 27.7 Å². The van der Waals surface area contributed by atoms with Gasteiger partial charge < -0.3 is 14.6 Å². The largest absolute Gasteiger partial charge is 0.478 e. The van der Waals surface area contributed by atoms with Crippen LogP contribution in [0.1, 0.15) is 38.1 Å². The fourth-order valence-electron chi connectivity index (χ4n) is 1.75. The van der Waals surface area contributed by atoms with Gasteiger partial charge in [-0.15, -0.1) is 0 Å². The molecule has 5 nitrogen and oxygen atoms in total. The molecule has 0 radical (unpaired) electrons. The molecule has 0 unspecified atom stereocenters. The maximum Gasteiger partial charge on any atom is 0.335 e. The summed E-state index contributed by atoms with van der Waals surface area (Å²) in [6, 6.07) is 6.48. The highest BCUT2D eigenvalue weighted by Gasteiger charge is 2.48. The summed E-state index contributed by atoms with van der Waals surface area (Å²) in [5.41, 5.74) is 0.254. The van der Waals surface area contributed by atoms with Crippen molar-refractivity contribution in [1.82, 2.24) is 0 Å². The number of aromatic carboxylic acids is 1. The van der Waals surface area contributed by atoms with E-state index in [0.717, 1.165) is 5.69 Å². The Balaban J connectivity index is 2.06. The van der Waals surface area contributed by atoms with Crippen LogP contribution in [0.2, 0.25) is 0 Å². The third-order valence-corrected chi connectivity index (χ3v) is 3.76. The number of carboxylic acids is 1. The lowest BCUT2D eigenvalue weighted by Gasteiger charge is -2.28. The second-order valence-corrected chi connectivity index (χ2v) is 5.90. The predicted octanol–water partition coefficient (Wildman–Crippen LogP) is 1.61. The molecule has 0 aromatic heterocycles. The summed E-state index contributed by atoms with van der Waals surface area (Å²) in [5.74, 6) is -0.482. The van der Waals surface area contributed by atoms with Gasteiger partial charge in [0.25, 0.3) is 5.95 Å². The molecule has 0 atom stereocenters. The Morgan fingerprint density at radius 3 is 2.10 bits per heavy atom. The van der Waals surface area contributed by atoms with Gasteiger partial charge in [-0.25, -0.2) is 9.79 Å². The van der Waals surface area contributed by atoms with Crippen molar-refractivity contribution in [2.75, 3.05) is 0 Å². The molecule has 0 spiro atoms. The normalized spacial score (nSPS) is 19.1. The van der Waals surface area contributed by atoms with Gasteiger partial charge in [-0.1, -0.05) is 0 Å². The van der Waals surface area contributed by atoms with Crippen LogP contribution in [0.15, 0.2) is 36.3 Å². The number of hydrogen-bond donors (Lipinski definition) is 2. The van der Waals surface area contributed by atoms with E-state index in [9.17, 15) is 4.79 Å². The first kappa shape index (κ1) is 15.1. The average Bonchev–Trinajstić information content (AvgIpc) is 2.58. The van der Waals surface area contributed by atoms with Crippen LogP contribution in [-0.4, -0.2) is 28.5 Å². The summed E-state index contributed by atoms with van der Waals surface area (Å²) in [4.78, 5) is 13.8. The topological polar surface area (TPSA) is 69.7 Å². The van der Waals surface area contributed by atoms with Gasteiger partial charge in [0.1, 0.15) is 11.2 Å². The number of allylic oxidation sites excluding steroid dienone is 1. The second kappa shape index (κ2) is 5.24. The smallest absolute Gasteiger partial charge is 0.335 e. The number of rotatable bonds is 3. The summed E-state index contributed by atoms with van der Waals surface area (Å²) in [6.45, 7) is 7.91. The third-order valence-electron chi connectivity index (χ3n) is 3.76. The van der Waals surface area contributed by atoms with Gasteiger partial charge >= 0.3 is 5.97 Å². The molecule has 5 heteroatoms. The maximum atomic E-state index is 10.8. The number of ether oxygens (including phenoxy) is 2. The van der Waals surface area contributed by atoms with E-state index >= 15 is 0 Å². The van der Waals surface area contributed by atoms with E-state index in [1.165, 1.54) is 0 Å². The summed E-state index contributed by atoms with van der Waals surface area (Å²) in [6.07, 6.45) is 3.41. The van der Waals surface area contributed by atoms with Crippen molar-refractivity contribution in [3.05, 3.63) is 41.9 Å². The zero-order valence-electron chi connectivity index (χ0n) is 12.6. The predicted molar refractivity (Wildman–Crippen MR) is 78.5 cm³/mol. The number of benzene rings is 1. The zero-order valence-corrected chi connectivity index (χ0v) is 12.6. The molecule has 2 rings (SSSR count). The molecule has 1 aromatic rings. The van der Waals surface area contributed by atoms with E-state index in [2.05, 4.69) is 4.99 Å². The highest BCUT2D eigenvalue weighted by atomic mass is 16.7. The Hall–Kier alpha value is -2.30. The zero-order chi connectivity index (χ0) is 15.7. The second-order valence-electron chi connectivity index (χ2n) is 5.90. The fourth-order valence-corrected chi connectivity index (χ4v) is 1.75. The Morgan fingerprint density at radius 2 is 1.62 bits per heavy atom. The standard InChI is InChI=1S/C16H19NO4/c1-15(2)16(3,4)21-13(20-15)9-10-17-12-7-5-11(6-8-12)14(18)19/h5-10H,1-4H3,(H,18,19)/p+1. The maximum absolute atomic E-state index is 10.8. The van der Waals surface area contributed by atoms with Gasteiger partial charge in [0.15, 0.2) is 6.21 Å². The van der Waals surface area contributed by atoms with Crippen LogP contribution in [0.5, 0.6) is 0 Å². The molecule has 1 saturated heterocycles. The van der Waals surface area contributed by atoms with Crippen molar-refractivity contribution >= 4 is 17.9 Å². The van der Waals surface area contributed by atoms with Crippen LogP contribution in [0.3, 0.4) is 0 Å². The molecule has 1 aromatic carbocycles. The van der Waals surface area contributed by atoms with Gasteiger partial charge in [0.2, 0.25) is 5.69 Å². The van der Waals surface area contributed by atoms with Crippen molar-refractivity contribution in [2.45, 2.75) is 38.9 Å². The van der Waals surface area contributed by atoms with Gasteiger partial charge in [-0.3, -0.25) is 0 Å². The summed E-state index contributed by atoms with van der Waals surface area (Å²) in [5, 5.41) is 8.82. The van der Waals surface area contributed by atoms with E-state index in [-0.39, 0.29) is 5.56 Å². The number of carbonyl (C=O) groups is 1. The molecule has 1 fully saturated rings. The first-order valence-corrected chi connectivity index (χ1v) is 6.73. The minimum Gasteiger partial charge on any atom is -0.478 e. The highest BCUT2D eigenvalue weighted by molar-refractivity contribution is 5.87. The van der Waals surface area contributed by atoms with Crippen LogP contribution in [0.25, 0.3) is 0 Å². The van der Waals surface area contributed by atoms with E-state index in [4.69, 9.17) is 14.6 Å². The Bertz CT molecular complexity index is 579. The molecule has 2 N–H and O–H groups in total. The first-order chi connectivity index (χ1) is 9.71. The summed E-state index contributed by atoms with van der Waals surface area (Å²) < 4.78 is 11.5. The van der Waals surface area contributed by atoms with Crippen molar-refractivity contribution < 1.29 is 24.4 Å². The van der Waals surface area contributed by atoms with Crippen molar-refractivity contribution in [1.29, 1.82) is 0 Å². The van der Waals surface area contributed by atoms with Crippen molar-refractivity contribution in [2.24, 2.45) is 0 Å². The van der Waals surface area contributed by atoms with Crippen LogP contribution in [0.4, 0.5) is 5.69 Å². The van der Waals surface area contributed by atoms with Crippen molar-refractivity contribution in [3.8, 4) is 0 Å². The number of hydrogen-bond acceptors (Lipinski definition) is 3. The Morgan fingerprint density at radius 1 is 1.10 bits per heavy atom. The molecule has 1 aliphatic rings. The summed E-state index contributed by atoms with van der Waals surface area (Å²) >= 11 is 0. The van der Waals surface area contributed by atoms with E-state index in [0.29, 0.717) is 5.95 Å². The molecule has 1 aliphatic heterocycles. The average molecular weight is 290 g/mol. The molecule has 1 heterocycles. The SMILES string of the molecule is CC1(C)OC(=CC=[NH+]c2ccc(C(=O)O)cc2)OC1(C)C. The minimum atomic E-state index is -0.940. The van der Waals surface area contributed by atoms with Gasteiger partial charge in [0, 0.05) is 12.1 Å². The van der Waals surface area contributed by atoms with E-state index in [1.54, 1.807) is 36.6 Å². The molecule has 0 saturated carbocycles. The Labute approximate surface area is 123 Å². The number of nitrogens with one attached hydrogen (secondary N) is 1. The number of carboxylic acid groups (broad SMARTS) is 1. The van der Waals surface area contributed by atoms with Gasteiger partial charge in [-0.05, 0) is 39.8 Å². The lowest BCUT2D eigenvalue weighted by atomic mass is 9.90. The van der Waals surface area contributed by atoms with Crippen LogP contribution in [0, 0.1) is 0 Å². The monoisotopic (exact) mass is 290 g/mol. The molecule has 0 bridgehead atoms. The third kappa shape index (κ3) is 3.24. The molecular weight excluding hydrogens is 270 g/mol. The van der Waals surface area contributed by atoms with Gasteiger partial charge in [0.05, 0.1) is 11.6 Å². The van der Waals surface area contributed by atoms with Crippen molar-refractivity contribution in [3.63, 3.8) is 0 Å². The van der Waals surface area contributed by atoms with E-state index < -0.39 is 17.2 Å².